The van der Waals surface area contributed by atoms with Gasteiger partial charge in [0.1, 0.15) is 11.5 Å². The fourth-order valence-corrected chi connectivity index (χ4v) is 2.72. The molecule has 0 saturated carbocycles. The standard InChI is InChI=1S/C17H13N3O4S/c1-24-13-5-2-11(3-6-13)19-20-12-4-7-14(21)10(8-12)9-15-16(22)18-17(23)25-15/h2-9,21H,1H3,(H,18,22,23)/b15-9-,20-19?. The molecule has 2 aromatic rings. The first-order chi connectivity index (χ1) is 12.0. The van der Waals surface area contributed by atoms with E-state index in [-0.39, 0.29) is 10.7 Å². The molecule has 126 valence electrons. The number of imide groups is 1. The van der Waals surface area contributed by atoms with Crippen LogP contribution in [0.25, 0.3) is 6.08 Å². The highest BCUT2D eigenvalue weighted by Gasteiger charge is 2.25. The Labute approximate surface area is 147 Å². The van der Waals surface area contributed by atoms with Crippen molar-refractivity contribution >= 4 is 40.4 Å². The van der Waals surface area contributed by atoms with Gasteiger partial charge in [-0.15, -0.1) is 0 Å². The van der Waals surface area contributed by atoms with Crippen LogP contribution in [0.1, 0.15) is 5.56 Å². The summed E-state index contributed by atoms with van der Waals surface area (Å²) < 4.78 is 5.08. The third-order valence-corrected chi connectivity index (χ3v) is 4.10. The van der Waals surface area contributed by atoms with E-state index in [4.69, 9.17) is 4.74 Å². The molecule has 1 aliphatic rings. The molecule has 2 N–H and O–H groups in total. The third kappa shape index (κ3) is 4.04. The van der Waals surface area contributed by atoms with Gasteiger partial charge in [-0.05, 0) is 60.3 Å². The Morgan fingerprint density at radius 3 is 2.40 bits per heavy atom. The highest BCUT2D eigenvalue weighted by atomic mass is 32.2. The van der Waals surface area contributed by atoms with E-state index in [0.29, 0.717) is 16.9 Å². The molecule has 1 aliphatic heterocycles. The largest absolute Gasteiger partial charge is 0.507 e. The maximum atomic E-state index is 11.6. The van der Waals surface area contributed by atoms with Gasteiger partial charge in [-0.2, -0.15) is 10.2 Å². The lowest BCUT2D eigenvalue weighted by molar-refractivity contribution is -0.115. The summed E-state index contributed by atoms with van der Waals surface area (Å²) in [5.74, 6) is 0.211. The minimum absolute atomic E-state index is 0.0244. The average Bonchev–Trinajstić information content (AvgIpc) is 2.93. The van der Waals surface area contributed by atoms with Crippen LogP contribution >= 0.6 is 11.8 Å². The van der Waals surface area contributed by atoms with Gasteiger partial charge in [-0.3, -0.25) is 14.9 Å². The van der Waals surface area contributed by atoms with Crippen molar-refractivity contribution in [2.24, 2.45) is 10.2 Å². The maximum Gasteiger partial charge on any atom is 0.290 e. The number of nitrogens with zero attached hydrogens (tertiary/aromatic N) is 2. The number of rotatable bonds is 4. The van der Waals surface area contributed by atoms with E-state index in [2.05, 4.69) is 15.5 Å². The zero-order chi connectivity index (χ0) is 17.8. The molecule has 0 aromatic heterocycles. The number of hydrogen-bond acceptors (Lipinski definition) is 7. The minimum atomic E-state index is -0.486. The summed E-state index contributed by atoms with van der Waals surface area (Å²) in [6, 6.07) is 11.7. The van der Waals surface area contributed by atoms with E-state index < -0.39 is 11.1 Å². The van der Waals surface area contributed by atoms with E-state index in [0.717, 1.165) is 17.5 Å². The second-order valence-electron chi connectivity index (χ2n) is 4.99. The van der Waals surface area contributed by atoms with E-state index in [1.807, 2.05) is 0 Å². The second-order valence-corrected chi connectivity index (χ2v) is 6.01. The molecular formula is C17H13N3O4S. The third-order valence-electron chi connectivity index (χ3n) is 3.29. The summed E-state index contributed by atoms with van der Waals surface area (Å²) in [5, 5.41) is 19.9. The van der Waals surface area contributed by atoms with Gasteiger partial charge in [-0.25, -0.2) is 0 Å². The lowest BCUT2D eigenvalue weighted by Crippen LogP contribution is -2.17. The first-order valence-corrected chi connectivity index (χ1v) is 8.00. The number of carbonyl (C=O) groups is 2. The van der Waals surface area contributed by atoms with Gasteiger partial charge in [0.05, 0.1) is 23.4 Å². The van der Waals surface area contributed by atoms with Gasteiger partial charge in [0, 0.05) is 5.56 Å². The zero-order valence-corrected chi connectivity index (χ0v) is 13.9. The van der Waals surface area contributed by atoms with Crippen molar-refractivity contribution < 1.29 is 19.4 Å². The van der Waals surface area contributed by atoms with Crippen molar-refractivity contribution in [2.45, 2.75) is 0 Å². The number of aromatic hydroxyl groups is 1. The van der Waals surface area contributed by atoms with E-state index in [1.54, 1.807) is 43.5 Å². The number of methoxy groups -OCH3 is 1. The summed E-state index contributed by atoms with van der Waals surface area (Å²) in [5.41, 5.74) is 1.51. The monoisotopic (exact) mass is 355 g/mol. The lowest BCUT2D eigenvalue weighted by atomic mass is 10.1. The van der Waals surface area contributed by atoms with Crippen LogP contribution in [0.15, 0.2) is 57.6 Å². The molecular weight excluding hydrogens is 342 g/mol. The number of phenolic OH excluding ortho intramolecular Hbond substituents is 1. The summed E-state index contributed by atoms with van der Waals surface area (Å²) in [4.78, 5) is 23.0. The van der Waals surface area contributed by atoms with Crippen molar-refractivity contribution in [3.8, 4) is 11.5 Å². The van der Waals surface area contributed by atoms with Gasteiger partial charge >= 0.3 is 0 Å². The summed E-state index contributed by atoms with van der Waals surface area (Å²) in [6.07, 6.45) is 1.44. The van der Waals surface area contributed by atoms with Crippen molar-refractivity contribution in [3.63, 3.8) is 0 Å². The molecule has 0 radical (unpaired) electrons. The van der Waals surface area contributed by atoms with Crippen molar-refractivity contribution in [1.82, 2.24) is 5.32 Å². The first-order valence-electron chi connectivity index (χ1n) is 7.19. The molecule has 8 heteroatoms. The Balaban J connectivity index is 1.83. The zero-order valence-electron chi connectivity index (χ0n) is 13.1. The Bertz CT molecular complexity index is 891. The number of benzene rings is 2. The van der Waals surface area contributed by atoms with Crippen LogP contribution in [0, 0.1) is 0 Å². The Hall–Kier alpha value is -3.13. The van der Waals surface area contributed by atoms with Crippen LogP contribution < -0.4 is 10.1 Å². The van der Waals surface area contributed by atoms with E-state index in [1.165, 1.54) is 12.1 Å². The van der Waals surface area contributed by atoms with Gasteiger partial charge in [0.25, 0.3) is 11.1 Å². The topological polar surface area (TPSA) is 100 Å². The van der Waals surface area contributed by atoms with Crippen LogP contribution in [-0.2, 0) is 4.79 Å². The van der Waals surface area contributed by atoms with Crippen LogP contribution in [0.4, 0.5) is 16.2 Å². The number of nitrogens with one attached hydrogen (secondary N) is 1. The molecule has 0 aliphatic carbocycles. The molecule has 25 heavy (non-hydrogen) atoms. The minimum Gasteiger partial charge on any atom is -0.507 e. The summed E-state index contributed by atoms with van der Waals surface area (Å²) in [6.45, 7) is 0. The number of ether oxygens (including phenoxy) is 1. The van der Waals surface area contributed by atoms with E-state index >= 15 is 0 Å². The molecule has 3 rings (SSSR count). The van der Waals surface area contributed by atoms with Gasteiger partial charge in [0.2, 0.25) is 0 Å². The first kappa shape index (κ1) is 16.7. The van der Waals surface area contributed by atoms with Gasteiger partial charge in [0.15, 0.2) is 0 Å². The molecule has 0 unspecified atom stereocenters. The van der Waals surface area contributed by atoms with Crippen LogP contribution in [-0.4, -0.2) is 23.4 Å². The van der Waals surface area contributed by atoms with Crippen molar-refractivity contribution in [1.29, 1.82) is 0 Å². The molecule has 1 saturated heterocycles. The maximum absolute atomic E-state index is 11.6. The SMILES string of the molecule is COc1ccc(N=Nc2ccc(O)c(/C=C3\SC(=O)NC3=O)c2)cc1. The molecule has 1 heterocycles. The fraction of sp³-hybridized carbons (Fsp3) is 0.0588. The summed E-state index contributed by atoms with van der Waals surface area (Å²) in [7, 11) is 1.58. The lowest BCUT2D eigenvalue weighted by Gasteiger charge is -2.01. The highest BCUT2D eigenvalue weighted by molar-refractivity contribution is 8.18. The molecule has 7 nitrogen and oxygen atoms in total. The number of amides is 2. The van der Waals surface area contributed by atoms with Gasteiger partial charge < -0.3 is 9.84 Å². The number of carbonyl (C=O) groups excluding carboxylic acids is 2. The Morgan fingerprint density at radius 2 is 1.76 bits per heavy atom. The summed E-state index contributed by atoms with van der Waals surface area (Å²) >= 11 is 0.781. The predicted molar refractivity (Wildman–Crippen MR) is 94.4 cm³/mol. The fourth-order valence-electron chi connectivity index (χ4n) is 2.05. The second kappa shape index (κ2) is 7.18. The number of hydrogen-bond donors (Lipinski definition) is 2. The smallest absolute Gasteiger partial charge is 0.290 e. The molecule has 0 bridgehead atoms. The average molecular weight is 355 g/mol. The van der Waals surface area contributed by atoms with Crippen LogP contribution in [0.3, 0.4) is 0 Å². The van der Waals surface area contributed by atoms with Crippen molar-refractivity contribution in [3.05, 3.63) is 52.9 Å². The normalized spacial score (nSPS) is 15.8. The Morgan fingerprint density at radius 1 is 1.08 bits per heavy atom. The van der Waals surface area contributed by atoms with E-state index in [9.17, 15) is 14.7 Å². The number of thioether (sulfide) groups is 1. The Kier molecular flexibility index (Phi) is 4.80. The molecule has 0 spiro atoms. The number of azo groups is 1. The molecule has 2 amide bonds. The quantitative estimate of drug-likeness (QED) is 0.634. The highest BCUT2D eigenvalue weighted by Crippen LogP contribution is 2.31. The van der Waals surface area contributed by atoms with Crippen molar-refractivity contribution in [2.75, 3.05) is 7.11 Å². The molecule has 0 atom stereocenters. The van der Waals surface area contributed by atoms with Crippen LogP contribution in [0.5, 0.6) is 11.5 Å². The predicted octanol–water partition coefficient (Wildman–Crippen LogP) is 4.14. The molecule has 1 fully saturated rings. The number of phenols is 1. The molecule has 2 aromatic carbocycles. The van der Waals surface area contributed by atoms with Gasteiger partial charge in [-0.1, -0.05) is 0 Å². The van der Waals surface area contributed by atoms with Crippen LogP contribution in [0.2, 0.25) is 0 Å².